The molecule has 2 aromatic rings. The second kappa shape index (κ2) is 22.3. The molecule has 0 amide bonds. The number of carbonyl (C=O) groups excluding carboxylic acids is 1. The molecule has 6 heteroatoms. The zero-order chi connectivity index (χ0) is 39.7. The fourth-order valence-electron chi connectivity index (χ4n) is 7.79. The maximum atomic E-state index is 12.3. The van der Waals surface area contributed by atoms with E-state index in [9.17, 15) is 4.79 Å². The molecule has 1 aliphatic rings. The first-order valence-electron chi connectivity index (χ1n) is 21.2. The third-order valence-corrected chi connectivity index (χ3v) is 21.5. The topological polar surface area (TPSA) is 44.8 Å². The first-order valence-corrected chi connectivity index (χ1v) is 26.0. The summed E-state index contributed by atoms with van der Waals surface area (Å²) < 4.78 is 20.1. The number of rotatable bonds is 21. The van der Waals surface area contributed by atoms with Crippen molar-refractivity contribution in [2.24, 2.45) is 11.8 Å². The molecule has 0 radical (unpaired) electrons. The molecule has 1 saturated carbocycles. The highest BCUT2D eigenvalue weighted by Gasteiger charge is 2.51. The SMILES string of the molecule is CCCCC/C=C\CC(/C=C/C=C/[C@H]1CCCC[C@H]1C(CCCCO[Si](C)(C)C(C)(C)C)OC(C)=O)O[Si](c1ccccc1)(c1ccccc1)C(C)(C)C. The molecule has 0 heterocycles. The maximum absolute atomic E-state index is 12.3. The van der Waals surface area contributed by atoms with Gasteiger partial charge in [0.05, 0.1) is 6.10 Å². The summed E-state index contributed by atoms with van der Waals surface area (Å²) in [4.78, 5) is 12.3. The zero-order valence-electron chi connectivity index (χ0n) is 35.9. The highest BCUT2D eigenvalue weighted by Crippen LogP contribution is 2.40. The Morgan fingerprint density at radius 3 is 2.02 bits per heavy atom. The Morgan fingerprint density at radius 1 is 0.815 bits per heavy atom. The summed E-state index contributed by atoms with van der Waals surface area (Å²) in [5.74, 6) is 0.548. The molecule has 2 aromatic carbocycles. The number of unbranched alkanes of at least 4 members (excludes halogenated alkanes) is 4. The number of ether oxygens (including phenoxy) is 1. The lowest BCUT2D eigenvalue weighted by Gasteiger charge is -2.44. The van der Waals surface area contributed by atoms with Gasteiger partial charge in [-0.05, 0) is 90.8 Å². The average Bonchev–Trinajstić information content (AvgIpc) is 3.12. The lowest BCUT2D eigenvalue weighted by atomic mass is 9.75. The third-order valence-electron chi connectivity index (χ3n) is 11.9. The van der Waals surface area contributed by atoms with Crippen molar-refractivity contribution in [3.63, 3.8) is 0 Å². The normalized spacial score (nSPS) is 18.8. The molecule has 3 rings (SSSR count). The molecule has 54 heavy (non-hydrogen) atoms. The van der Waals surface area contributed by atoms with Crippen LogP contribution in [-0.2, 0) is 18.4 Å². The van der Waals surface area contributed by atoms with Crippen LogP contribution in [0.5, 0.6) is 0 Å². The minimum absolute atomic E-state index is 0.0571. The van der Waals surface area contributed by atoms with Gasteiger partial charge in [0, 0.05) is 19.4 Å². The Balaban J connectivity index is 1.84. The van der Waals surface area contributed by atoms with Crippen LogP contribution in [0.15, 0.2) is 97.1 Å². The summed E-state index contributed by atoms with van der Waals surface area (Å²) in [5, 5.41) is 2.72. The van der Waals surface area contributed by atoms with Gasteiger partial charge in [-0.3, -0.25) is 4.79 Å². The van der Waals surface area contributed by atoms with Gasteiger partial charge in [0.25, 0.3) is 8.32 Å². The minimum Gasteiger partial charge on any atom is -0.462 e. The molecule has 0 bridgehead atoms. The predicted octanol–water partition coefficient (Wildman–Crippen LogP) is 12.5. The molecule has 1 fully saturated rings. The van der Waals surface area contributed by atoms with Gasteiger partial charge in [-0.15, -0.1) is 0 Å². The monoisotopic (exact) mass is 773 g/mol. The molecule has 0 spiro atoms. The summed E-state index contributed by atoms with van der Waals surface area (Å²) in [6.07, 6.45) is 26.9. The Hall–Kier alpha value is -2.52. The summed E-state index contributed by atoms with van der Waals surface area (Å²) in [7, 11) is -4.49. The van der Waals surface area contributed by atoms with Gasteiger partial charge in [-0.25, -0.2) is 0 Å². The highest BCUT2D eigenvalue weighted by atomic mass is 28.4. The van der Waals surface area contributed by atoms with Crippen LogP contribution >= 0.6 is 0 Å². The fourth-order valence-corrected chi connectivity index (χ4v) is 13.5. The van der Waals surface area contributed by atoms with Gasteiger partial charge in [0.1, 0.15) is 6.10 Å². The smallest absolute Gasteiger partial charge is 0.302 e. The molecule has 4 atom stereocenters. The maximum Gasteiger partial charge on any atom is 0.302 e. The van der Waals surface area contributed by atoms with Crippen LogP contribution in [-0.4, -0.2) is 41.4 Å². The molecule has 2 unspecified atom stereocenters. The molecular weight excluding hydrogens is 697 g/mol. The first kappa shape index (κ1) is 45.9. The van der Waals surface area contributed by atoms with Crippen molar-refractivity contribution in [1.82, 2.24) is 0 Å². The van der Waals surface area contributed by atoms with Crippen molar-refractivity contribution < 1.29 is 18.4 Å². The molecule has 1 aliphatic carbocycles. The number of hydrogen-bond acceptors (Lipinski definition) is 4. The standard InChI is InChI=1S/C48H76O4Si2/c1-11-12-13-14-15-18-31-42(52-54(48(6,7)8,43-33-19-16-20-34-43)44-35-21-17-22-36-44)32-25-23-29-41-30-24-26-37-45(41)46(51-40(2)49)38-27-28-39-50-53(9,10)47(3,4)5/h15-23,25,29,32-36,41-42,45-46H,11-14,24,26-28,30-31,37-39H2,1-10H3/b18-15-,29-23+,32-25+/t41-,42?,45+,46?/m0/s1. The molecule has 4 nitrogen and oxygen atoms in total. The number of allylic oxidation sites excluding steroid dienone is 4. The van der Waals surface area contributed by atoms with Crippen molar-refractivity contribution in [3.8, 4) is 0 Å². The van der Waals surface area contributed by atoms with Gasteiger partial charge in [-0.2, -0.15) is 0 Å². The van der Waals surface area contributed by atoms with E-state index >= 15 is 0 Å². The van der Waals surface area contributed by atoms with E-state index in [0.717, 1.165) is 51.6 Å². The van der Waals surface area contributed by atoms with Crippen LogP contribution in [0.4, 0.5) is 0 Å². The van der Waals surface area contributed by atoms with Crippen LogP contribution in [0.3, 0.4) is 0 Å². The van der Waals surface area contributed by atoms with Gasteiger partial charge in [-0.1, -0.05) is 171 Å². The quantitative estimate of drug-likeness (QED) is 0.0417. The molecule has 0 N–H and O–H groups in total. The van der Waals surface area contributed by atoms with E-state index < -0.39 is 16.6 Å². The number of carbonyl (C=O) groups is 1. The number of esters is 1. The van der Waals surface area contributed by atoms with Crippen molar-refractivity contribution in [1.29, 1.82) is 0 Å². The second-order valence-corrected chi connectivity index (χ2v) is 27.2. The van der Waals surface area contributed by atoms with Crippen LogP contribution in [0.2, 0.25) is 23.2 Å². The van der Waals surface area contributed by atoms with E-state index in [1.54, 1.807) is 6.92 Å². The van der Waals surface area contributed by atoms with Crippen LogP contribution < -0.4 is 10.4 Å². The second-order valence-electron chi connectivity index (χ2n) is 18.2. The Kier molecular flexibility index (Phi) is 18.9. The number of hydrogen-bond donors (Lipinski definition) is 0. The van der Waals surface area contributed by atoms with Gasteiger partial charge >= 0.3 is 5.97 Å². The van der Waals surface area contributed by atoms with E-state index in [1.807, 2.05) is 0 Å². The highest BCUT2D eigenvalue weighted by molar-refractivity contribution is 6.99. The van der Waals surface area contributed by atoms with E-state index in [4.69, 9.17) is 13.6 Å². The predicted molar refractivity (Wildman–Crippen MR) is 237 cm³/mol. The van der Waals surface area contributed by atoms with Crippen LogP contribution in [0.1, 0.15) is 132 Å². The average molecular weight is 773 g/mol. The lowest BCUT2D eigenvalue weighted by Crippen LogP contribution is -2.67. The summed E-state index contributed by atoms with van der Waals surface area (Å²) in [6, 6.07) is 21.9. The van der Waals surface area contributed by atoms with Crippen LogP contribution in [0.25, 0.3) is 0 Å². The molecule has 0 aromatic heterocycles. The fraction of sp³-hybridized carbons (Fsp3) is 0.604. The van der Waals surface area contributed by atoms with E-state index in [0.29, 0.717) is 11.8 Å². The third kappa shape index (κ3) is 13.9. The van der Waals surface area contributed by atoms with Crippen molar-refractivity contribution in [2.45, 2.75) is 168 Å². The molecule has 0 saturated heterocycles. The van der Waals surface area contributed by atoms with Gasteiger partial charge in [0.2, 0.25) is 0 Å². The first-order chi connectivity index (χ1) is 25.6. The van der Waals surface area contributed by atoms with Crippen LogP contribution in [0, 0.1) is 11.8 Å². The largest absolute Gasteiger partial charge is 0.462 e. The summed E-state index contributed by atoms with van der Waals surface area (Å²) >= 11 is 0. The lowest BCUT2D eigenvalue weighted by molar-refractivity contribution is -0.151. The van der Waals surface area contributed by atoms with E-state index in [2.05, 4.69) is 159 Å². The summed E-state index contributed by atoms with van der Waals surface area (Å²) in [5.41, 5.74) is 0. The molecule has 300 valence electrons. The molecular formula is C48H76O4Si2. The Morgan fingerprint density at radius 2 is 1.44 bits per heavy atom. The summed E-state index contributed by atoms with van der Waals surface area (Å²) in [6.45, 7) is 23.2. The Bertz CT molecular complexity index is 1400. The zero-order valence-corrected chi connectivity index (χ0v) is 37.9. The van der Waals surface area contributed by atoms with Gasteiger partial charge in [0.15, 0.2) is 8.32 Å². The van der Waals surface area contributed by atoms with Crippen molar-refractivity contribution in [2.75, 3.05) is 6.61 Å². The number of benzene rings is 2. The van der Waals surface area contributed by atoms with E-state index in [1.165, 1.54) is 42.5 Å². The van der Waals surface area contributed by atoms with Gasteiger partial charge < -0.3 is 13.6 Å². The molecule has 0 aliphatic heterocycles. The van der Waals surface area contributed by atoms with Crippen molar-refractivity contribution >= 4 is 33.0 Å². The van der Waals surface area contributed by atoms with Crippen molar-refractivity contribution in [3.05, 3.63) is 97.1 Å². The Labute approximate surface area is 333 Å². The van der Waals surface area contributed by atoms with E-state index in [-0.39, 0.29) is 28.3 Å². The minimum atomic E-state index is -2.73.